The van der Waals surface area contributed by atoms with Gasteiger partial charge < -0.3 is 25.2 Å². The maximum Gasteiger partial charge on any atom is 0.303 e. The van der Waals surface area contributed by atoms with Crippen LogP contribution in [0.15, 0.2) is 83.1 Å². The molecule has 0 aliphatic rings. The third kappa shape index (κ3) is 7.61. The summed E-state index contributed by atoms with van der Waals surface area (Å²) in [6.07, 6.45) is -0.373. The molecule has 0 bridgehead atoms. The summed E-state index contributed by atoms with van der Waals surface area (Å²) < 4.78 is 10.7. The Labute approximate surface area is 239 Å². The fraction of sp³-hybridized carbons (Fsp3) is 0.172. The second-order valence-electron chi connectivity index (χ2n) is 8.48. The molecule has 1 atom stereocenters. The van der Waals surface area contributed by atoms with Crippen molar-refractivity contribution >= 4 is 51.7 Å². The molecule has 1 aromatic heterocycles. The second kappa shape index (κ2) is 13.6. The molecule has 206 valence electrons. The first-order chi connectivity index (χ1) is 19.4. The van der Waals surface area contributed by atoms with Gasteiger partial charge in [-0.15, -0.1) is 23.1 Å². The average Bonchev–Trinajstić information content (AvgIpc) is 3.43. The molecular formula is C29H27N3O6S2. The van der Waals surface area contributed by atoms with E-state index in [1.807, 2.05) is 53.9 Å². The number of anilines is 2. The molecule has 0 aliphatic heterocycles. The Kier molecular flexibility index (Phi) is 9.76. The molecule has 0 radical (unpaired) electrons. The largest absolute Gasteiger partial charge is 0.493 e. The molecule has 1 heterocycles. The van der Waals surface area contributed by atoms with Crippen LogP contribution < -0.4 is 20.1 Å². The Bertz CT molecular complexity index is 1490. The predicted molar refractivity (Wildman–Crippen MR) is 156 cm³/mol. The van der Waals surface area contributed by atoms with Crippen molar-refractivity contribution in [1.82, 2.24) is 4.98 Å². The van der Waals surface area contributed by atoms with E-state index in [4.69, 9.17) is 14.6 Å². The average molecular weight is 578 g/mol. The molecule has 0 aliphatic carbocycles. The van der Waals surface area contributed by atoms with Gasteiger partial charge in [0.25, 0.3) is 0 Å². The molecule has 0 saturated carbocycles. The number of thiazole rings is 1. The van der Waals surface area contributed by atoms with E-state index in [9.17, 15) is 14.4 Å². The summed E-state index contributed by atoms with van der Waals surface area (Å²) in [6, 6.07) is 22.0. The van der Waals surface area contributed by atoms with Crippen LogP contribution in [0.1, 0.15) is 23.7 Å². The maximum atomic E-state index is 13.5. The standard InChI is InChI=1S/C29H27N3O6S2/c1-37-23-12-11-19(15-24(23)38-2)22-17-39-29(31-22)32-28(36)27(18-7-4-3-5-8-18)40-21-10-6-9-20(16-21)30-25(33)13-14-26(34)35/h3-12,15-17,27H,13-14H2,1-2H3,(H,30,33)(H,34,35)(H,31,32,36). The second-order valence-corrected chi connectivity index (χ2v) is 10.5. The molecule has 0 fully saturated rings. The van der Waals surface area contributed by atoms with Crippen LogP contribution in [0.3, 0.4) is 0 Å². The molecule has 40 heavy (non-hydrogen) atoms. The van der Waals surface area contributed by atoms with E-state index in [-0.39, 0.29) is 18.7 Å². The van der Waals surface area contributed by atoms with Crippen LogP contribution in [-0.4, -0.2) is 42.1 Å². The molecule has 1 unspecified atom stereocenters. The Hall–Kier alpha value is -4.35. The van der Waals surface area contributed by atoms with Crippen molar-refractivity contribution in [3.05, 3.63) is 83.7 Å². The fourth-order valence-corrected chi connectivity index (χ4v) is 5.56. The van der Waals surface area contributed by atoms with Gasteiger partial charge >= 0.3 is 5.97 Å². The molecule has 4 aromatic rings. The number of rotatable bonds is 12. The van der Waals surface area contributed by atoms with Crippen molar-refractivity contribution in [1.29, 1.82) is 0 Å². The van der Waals surface area contributed by atoms with E-state index in [0.717, 1.165) is 16.0 Å². The lowest BCUT2D eigenvalue weighted by molar-refractivity contribution is -0.138. The van der Waals surface area contributed by atoms with E-state index in [1.165, 1.54) is 23.1 Å². The quantitative estimate of drug-likeness (QED) is 0.172. The third-order valence-corrected chi connectivity index (χ3v) is 7.70. The number of hydrogen-bond acceptors (Lipinski definition) is 8. The van der Waals surface area contributed by atoms with Crippen LogP contribution in [0.25, 0.3) is 11.3 Å². The number of aliphatic carboxylic acids is 1. The number of hydrogen-bond donors (Lipinski definition) is 3. The SMILES string of the molecule is COc1ccc(-c2csc(NC(=O)C(Sc3cccc(NC(=O)CCC(=O)O)c3)c3ccccc3)n2)cc1OC. The van der Waals surface area contributed by atoms with E-state index in [1.54, 1.807) is 38.5 Å². The Morgan fingerprint density at radius 3 is 2.42 bits per heavy atom. The van der Waals surface area contributed by atoms with E-state index in [0.29, 0.717) is 28.0 Å². The van der Waals surface area contributed by atoms with E-state index >= 15 is 0 Å². The fourth-order valence-electron chi connectivity index (χ4n) is 3.76. The highest BCUT2D eigenvalue weighted by Gasteiger charge is 2.23. The zero-order valence-electron chi connectivity index (χ0n) is 21.7. The van der Waals surface area contributed by atoms with Crippen molar-refractivity contribution in [3.8, 4) is 22.8 Å². The number of thioether (sulfide) groups is 1. The van der Waals surface area contributed by atoms with Gasteiger partial charge in [-0.1, -0.05) is 36.4 Å². The van der Waals surface area contributed by atoms with Crippen LogP contribution in [0.4, 0.5) is 10.8 Å². The first kappa shape index (κ1) is 28.7. The highest BCUT2D eigenvalue weighted by molar-refractivity contribution is 8.00. The number of methoxy groups -OCH3 is 2. The minimum absolute atomic E-state index is 0.124. The number of aromatic nitrogens is 1. The molecule has 11 heteroatoms. The molecule has 9 nitrogen and oxygen atoms in total. The van der Waals surface area contributed by atoms with Crippen molar-refractivity contribution in [2.24, 2.45) is 0 Å². The zero-order chi connectivity index (χ0) is 28.5. The predicted octanol–water partition coefficient (Wildman–Crippen LogP) is 6.10. The number of carboxylic acid groups (broad SMARTS) is 1. The van der Waals surface area contributed by atoms with Crippen molar-refractivity contribution < 1.29 is 29.0 Å². The molecule has 4 rings (SSSR count). The van der Waals surface area contributed by atoms with Crippen LogP contribution in [0, 0.1) is 0 Å². The van der Waals surface area contributed by atoms with Crippen LogP contribution in [0.2, 0.25) is 0 Å². The molecule has 0 spiro atoms. The highest BCUT2D eigenvalue weighted by atomic mass is 32.2. The highest BCUT2D eigenvalue weighted by Crippen LogP contribution is 2.38. The number of nitrogens with one attached hydrogen (secondary N) is 2. The Morgan fingerprint density at radius 1 is 0.925 bits per heavy atom. The summed E-state index contributed by atoms with van der Waals surface area (Å²) >= 11 is 2.65. The van der Waals surface area contributed by atoms with Crippen molar-refractivity contribution in [2.45, 2.75) is 23.0 Å². The lowest BCUT2D eigenvalue weighted by atomic mass is 10.1. The van der Waals surface area contributed by atoms with Crippen LogP contribution in [-0.2, 0) is 14.4 Å². The first-order valence-electron chi connectivity index (χ1n) is 12.2. The topological polar surface area (TPSA) is 127 Å². The molecule has 2 amide bonds. The van der Waals surface area contributed by atoms with Gasteiger partial charge in [0, 0.05) is 27.9 Å². The monoisotopic (exact) mass is 577 g/mol. The lowest BCUT2D eigenvalue weighted by Gasteiger charge is -2.17. The summed E-state index contributed by atoms with van der Waals surface area (Å²) in [5.74, 6) is -0.482. The van der Waals surface area contributed by atoms with Gasteiger partial charge in [-0.25, -0.2) is 4.98 Å². The summed E-state index contributed by atoms with van der Waals surface area (Å²) in [5, 5.41) is 16.2. The zero-order valence-corrected chi connectivity index (χ0v) is 23.4. The summed E-state index contributed by atoms with van der Waals surface area (Å²) in [5.41, 5.74) is 2.84. The number of benzene rings is 3. The number of nitrogens with zero attached hydrogens (tertiary/aromatic N) is 1. The molecule has 3 aromatic carbocycles. The third-order valence-electron chi connectivity index (χ3n) is 5.69. The number of amides is 2. The van der Waals surface area contributed by atoms with Gasteiger partial charge in [0.05, 0.1) is 26.3 Å². The summed E-state index contributed by atoms with van der Waals surface area (Å²) in [6.45, 7) is 0. The summed E-state index contributed by atoms with van der Waals surface area (Å²) in [4.78, 5) is 41.7. The number of carboxylic acids is 1. The summed E-state index contributed by atoms with van der Waals surface area (Å²) in [7, 11) is 3.14. The van der Waals surface area contributed by atoms with E-state index in [2.05, 4.69) is 15.6 Å². The van der Waals surface area contributed by atoms with Crippen molar-refractivity contribution in [3.63, 3.8) is 0 Å². The lowest BCUT2D eigenvalue weighted by Crippen LogP contribution is -2.19. The molecule has 3 N–H and O–H groups in total. The smallest absolute Gasteiger partial charge is 0.303 e. The van der Waals surface area contributed by atoms with Gasteiger partial charge in [-0.3, -0.25) is 14.4 Å². The molecular weight excluding hydrogens is 550 g/mol. The normalized spacial score (nSPS) is 11.3. The van der Waals surface area contributed by atoms with Gasteiger partial charge in [0.1, 0.15) is 5.25 Å². The van der Waals surface area contributed by atoms with Crippen LogP contribution >= 0.6 is 23.1 Å². The Morgan fingerprint density at radius 2 is 1.70 bits per heavy atom. The van der Waals surface area contributed by atoms with Gasteiger partial charge in [-0.2, -0.15) is 0 Å². The Balaban J connectivity index is 1.51. The number of ether oxygens (including phenoxy) is 2. The van der Waals surface area contributed by atoms with Crippen molar-refractivity contribution in [2.75, 3.05) is 24.9 Å². The van der Waals surface area contributed by atoms with Gasteiger partial charge in [-0.05, 0) is 42.0 Å². The van der Waals surface area contributed by atoms with Gasteiger partial charge in [0.2, 0.25) is 11.8 Å². The minimum atomic E-state index is -1.03. The maximum absolute atomic E-state index is 13.5. The first-order valence-corrected chi connectivity index (χ1v) is 13.9. The molecule has 0 saturated heterocycles. The number of carbonyl (C=O) groups excluding carboxylic acids is 2. The van der Waals surface area contributed by atoms with Gasteiger partial charge in [0.15, 0.2) is 16.6 Å². The van der Waals surface area contributed by atoms with Crippen LogP contribution in [0.5, 0.6) is 11.5 Å². The number of carbonyl (C=O) groups is 3. The van der Waals surface area contributed by atoms with E-state index < -0.39 is 17.1 Å². The minimum Gasteiger partial charge on any atom is -0.493 e.